The van der Waals surface area contributed by atoms with Crippen molar-refractivity contribution in [3.05, 3.63) is 21.9 Å². The largest absolute Gasteiger partial charge is 0.313 e. The first-order chi connectivity index (χ1) is 8.65. The summed E-state index contributed by atoms with van der Waals surface area (Å²) in [6, 6.07) is 5.22. The first kappa shape index (κ1) is 16.1. The fraction of sp³-hybridized carbons (Fsp3) is 0.733. The van der Waals surface area contributed by atoms with Gasteiger partial charge in [-0.1, -0.05) is 27.7 Å². The number of hydrogen-bond donors (Lipinski definition) is 1. The van der Waals surface area contributed by atoms with Gasteiger partial charge >= 0.3 is 0 Å². The summed E-state index contributed by atoms with van der Waals surface area (Å²) in [4.78, 5) is 3.04. The van der Waals surface area contributed by atoms with E-state index in [1.165, 1.54) is 34.1 Å². The van der Waals surface area contributed by atoms with E-state index in [4.69, 9.17) is 0 Å². The van der Waals surface area contributed by atoms with Crippen LogP contribution in [0.3, 0.4) is 0 Å². The monoisotopic (exact) mass is 285 g/mol. The van der Waals surface area contributed by atoms with Gasteiger partial charge in [-0.2, -0.15) is 11.8 Å². The van der Waals surface area contributed by atoms with Crippen LogP contribution < -0.4 is 5.32 Å². The highest BCUT2D eigenvalue weighted by Crippen LogP contribution is 2.20. The van der Waals surface area contributed by atoms with Crippen molar-refractivity contribution in [1.82, 2.24) is 5.32 Å². The zero-order valence-electron chi connectivity index (χ0n) is 12.2. The zero-order chi connectivity index (χ0) is 13.4. The lowest BCUT2D eigenvalue weighted by Crippen LogP contribution is -2.33. The molecule has 1 unspecified atom stereocenters. The number of likely N-dealkylation sites (N-methyl/N-ethyl adjacent to an activating group) is 1. The average Bonchev–Trinajstić information content (AvgIpc) is 2.76. The standard InChI is InChI=1S/C15H27NS2/c1-5-14-7-8-15(18-14)9-13(16-6-2)11-17-10-12(3)4/h7-8,12-13,16H,5-6,9-11H2,1-4H3. The highest BCUT2D eigenvalue weighted by molar-refractivity contribution is 7.99. The molecule has 0 fully saturated rings. The second kappa shape index (κ2) is 9.00. The Morgan fingerprint density at radius 2 is 1.89 bits per heavy atom. The molecule has 0 saturated carbocycles. The lowest BCUT2D eigenvalue weighted by atomic mass is 10.2. The van der Waals surface area contributed by atoms with Crippen molar-refractivity contribution in [2.45, 2.75) is 46.6 Å². The molecule has 1 atom stereocenters. The van der Waals surface area contributed by atoms with E-state index in [1.54, 1.807) is 0 Å². The van der Waals surface area contributed by atoms with Crippen molar-refractivity contribution in [2.24, 2.45) is 5.92 Å². The minimum absolute atomic E-state index is 0.627. The third-order valence-electron chi connectivity index (χ3n) is 2.78. The van der Waals surface area contributed by atoms with Crippen molar-refractivity contribution < 1.29 is 0 Å². The van der Waals surface area contributed by atoms with E-state index in [1.807, 2.05) is 11.3 Å². The van der Waals surface area contributed by atoms with Crippen molar-refractivity contribution in [3.8, 4) is 0 Å². The van der Waals surface area contributed by atoms with Crippen LogP contribution in [-0.4, -0.2) is 24.1 Å². The van der Waals surface area contributed by atoms with E-state index in [2.05, 4.69) is 56.9 Å². The third kappa shape index (κ3) is 6.26. The molecule has 0 radical (unpaired) electrons. The minimum atomic E-state index is 0.627. The molecule has 0 aromatic carbocycles. The molecule has 0 aliphatic carbocycles. The minimum Gasteiger partial charge on any atom is -0.313 e. The Morgan fingerprint density at radius 1 is 1.17 bits per heavy atom. The summed E-state index contributed by atoms with van der Waals surface area (Å²) in [5.41, 5.74) is 0. The zero-order valence-corrected chi connectivity index (χ0v) is 13.8. The molecule has 0 spiro atoms. The van der Waals surface area contributed by atoms with Gasteiger partial charge in [-0.15, -0.1) is 11.3 Å². The highest BCUT2D eigenvalue weighted by atomic mass is 32.2. The Labute approximate surface area is 121 Å². The Hall–Kier alpha value is 0.01000. The number of aryl methyl sites for hydroxylation is 1. The van der Waals surface area contributed by atoms with Crippen LogP contribution in [0, 0.1) is 5.92 Å². The van der Waals surface area contributed by atoms with E-state index < -0.39 is 0 Å². The molecule has 1 nitrogen and oxygen atoms in total. The van der Waals surface area contributed by atoms with Gasteiger partial charge in [0.15, 0.2) is 0 Å². The summed E-state index contributed by atoms with van der Waals surface area (Å²) in [6.07, 6.45) is 2.35. The quantitative estimate of drug-likeness (QED) is 0.729. The van der Waals surface area contributed by atoms with Crippen molar-refractivity contribution >= 4 is 23.1 Å². The first-order valence-electron chi connectivity index (χ1n) is 7.04. The van der Waals surface area contributed by atoms with E-state index in [-0.39, 0.29) is 0 Å². The van der Waals surface area contributed by atoms with Gasteiger partial charge in [0.25, 0.3) is 0 Å². The first-order valence-corrected chi connectivity index (χ1v) is 9.01. The number of thioether (sulfide) groups is 1. The van der Waals surface area contributed by atoms with Crippen LogP contribution >= 0.6 is 23.1 Å². The SMILES string of the molecule is CCNC(CSCC(C)C)Cc1ccc(CC)s1. The molecule has 0 saturated heterocycles. The molecule has 104 valence electrons. The maximum Gasteiger partial charge on any atom is 0.0206 e. The second-order valence-corrected chi connectivity index (χ2v) is 7.44. The van der Waals surface area contributed by atoms with Gasteiger partial charge < -0.3 is 5.32 Å². The van der Waals surface area contributed by atoms with E-state index >= 15 is 0 Å². The van der Waals surface area contributed by atoms with Crippen LogP contribution in [-0.2, 0) is 12.8 Å². The van der Waals surface area contributed by atoms with Gasteiger partial charge in [0.1, 0.15) is 0 Å². The van der Waals surface area contributed by atoms with Crippen LogP contribution in [0.4, 0.5) is 0 Å². The molecule has 0 bridgehead atoms. The van der Waals surface area contributed by atoms with Gasteiger partial charge in [0, 0.05) is 21.5 Å². The summed E-state index contributed by atoms with van der Waals surface area (Å²) in [5.74, 6) is 3.29. The normalized spacial score (nSPS) is 13.2. The molecule has 1 aromatic rings. The highest BCUT2D eigenvalue weighted by Gasteiger charge is 2.10. The molecule has 3 heteroatoms. The van der Waals surface area contributed by atoms with E-state index in [0.29, 0.717) is 6.04 Å². The lowest BCUT2D eigenvalue weighted by Gasteiger charge is -2.17. The van der Waals surface area contributed by atoms with Crippen LogP contribution in [0.25, 0.3) is 0 Å². The van der Waals surface area contributed by atoms with Gasteiger partial charge in [-0.3, -0.25) is 0 Å². The molecule has 1 rings (SSSR count). The van der Waals surface area contributed by atoms with Crippen molar-refractivity contribution in [1.29, 1.82) is 0 Å². The molecule has 1 heterocycles. The average molecular weight is 286 g/mol. The fourth-order valence-corrected chi connectivity index (χ4v) is 4.06. The Kier molecular flexibility index (Phi) is 8.03. The number of rotatable bonds is 9. The fourth-order valence-electron chi connectivity index (χ4n) is 1.89. The van der Waals surface area contributed by atoms with Crippen LogP contribution in [0.15, 0.2) is 12.1 Å². The number of thiophene rings is 1. The molecule has 1 aromatic heterocycles. The molecule has 18 heavy (non-hydrogen) atoms. The third-order valence-corrected chi connectivity index (χ3v) is 5.57. The van der Waals surface area contributed by atoms with Crippen molar-refractivity contribution in [3.63, 3.8) is 0 Å². The smallest absolute Gasteiger partial charge is 0.0206 e. The van der Waals surface area contributed by atoms with Gasteiger partial charge in [0.05, 0.1) is 0 Å². The van der Waals surface area contributed by atoms with Crippen molar-refractivity contribution in [2.75, 3.05) is 18.1 Å². The van der Waals surface area contributed by atoms with E-state index in [0.717, 1.165) is 12.5 Å². The van der Waals surface area contributed by atoms with Gasteiger partial charge in [0.2, 0.25) is 0 Å². The number of nitrogens with one attached hydrogen (secondary N) is 1. The molecular weight excluding hydrogens is 258 g/mol. The van der Waals surface area contributed by atoms with Crippen LogP contribution in [0.2, 0.25) is 0 Å². The van der Waals surface area contributed by atoms with Crippen LogP contribution in [0.5, 0.6) is 0 Å². The Balaban J connectivity index is 2.41. The molecule has 0 aliphatic heterocycles. The summed E-state index contributed by atoms with van der Waals surface area (Å²) in [5, 5.41) is 3.62. The molecule has 0 aliphatic rings. The van der Waals surface area contributed by atoms with Gasteiger partial charge in [-0.25, -0.2) is 0 Å². The molecular formula is C15H27NS2. The van der Waals surface area contributed by atoms with Gasteiger partial charge in [-0.05, 0) is 43.2 Å². The Morgan fingerprint density at radius 3 is 2.44 bits per heavy atom. The van der Waals surface area contributed by atoms with E-state index in [9.17, 15) is 0 Å². The summed E-state index contributed by atoms with van der Waals surface area (Å²) in [6.45, 7) is 10.1. The predicted octanol–water partition coefficient (Wildman–Crippen LogP) is 4.22. The molecule has 1 N–H and O–H groups in total. The Bertz CT molecular complexity index is 320. The second-order valence-electron chi connectivity index (χ2n) is 5.11. The summed E-state index contributed by atoms with van der Waals surface area (Å²) < 4.78 is 0. The molecule has 0 amide bonds. The predicted molar refractivity (Wildman–Crippen MR) is 87.0 cm³/mol. The lowest BCUT2D eigenvalue weighted by molar-refractivity contribution is 0.575. The van der Waals surface area contributed by atoms with Crippen LogP contribution in [0.1, 0.15) is 37.4 Å². The summed E-state index contributed by atoms with van der Waals surface area (Å²) in [7, 11) is 0. The summed E-state index contributed by atoms with van der Waals surface area (Å²) >= 11 is 4.06. The number of hydrogen-bond acceptors (Lipinski definition) is 3. The topological polar surface area (TPSA) is 12.0 Å². The maximum absolute atomic E-state index is 3.62. The maximum atomic E-state index is 3.62.